The van der Waals surface area contributed by atoms with Crippen LogP contribution in [0.25, 0.3) is 0 Å². The molecule has 0 aromatic heterocycles. The van der Waals surface area contributed by atoms with Gasteiger partial charge in [0.25, 0.3) is 0 Å². The molecule has 1 rings (SSSR count). The third kappa shape index (κ3) is 0.996. The summed E-state index contributed by atoms with van der Waals surface area (Å²) in [6.07, 6.45) is 0. The number of rotatable bonds is 0. The second-order valence-electron chi connectivity index (χ2n) is 3.03. The highest BCUT2D eigenvalue weighted by Gasteiger charge is 2.30. The van der Waals surface area contributed by atoms with Crippen LogP contribution in [0.15, 0.2) is 10.3 Å². The third-order valence-corrected chi connectivity index (χ3v) is 2.47. The monoisotopic (exact) mass is 130 g/mol. The van der Waals surface area contributed by atoms with Gasteiger partial charge in [0, 0.05) is 10.3 Å². The Bertz CT molecular complexity index is 162. The molecule has 1 heterocycles. The molecule has 0 aromatic carbocycles. The first kappa shape index (κ1) is 6.02. The van der Waals surface area contributed by atoms with Gasteiger partial charge in [-0.1, -0.05) is 20.8 Å². The Morgan fingerprint density at radius 1 is 1.50 bits per heavy atom. The molecule has 0 saturated carbocycles. The van der Waals surface area contributed by atoms with Crippen LogP contribution in [0, 0.1) is 5.41 Å². The molecule has 0 N–H and O–H groups in total. The maximum absolute atomic E-state index is 10.6. The molecule has 0 radical (unpaired) electrons. The van der Waals surface area contributed by atoms with Gasteiger partial charge in [-0.25, -0.2) is 4.21 Å². The van der Waals surface area contributed by atoms with Crippen LogP contribution < -0.4 is 0 Å². The minimum absolute atomic E-state index is 0.144. The normalized spacial score (nSPS) is 27.4. The van der Waals surface area contributed by atoms with E-state index in [0.29, 0.717) is 0 Å². The molecule has 8 heavy (non-hydrogen) atoms. The summed E-state index contributed by atoms with van der Waals surface area (Å²) in [7, 11) is -0.677. The van der Waals surface area contributed by atoms with E-state index in [2.05, 4.69) is 20.8 Å². The average molecular weight is 130 g/mol. The van der Waals surface area contributed by atoms with E-state index in [9.17, 15) is 4.21 Å². The maximum Gasteiger partial charge on any atom is 0.0755 e. The predicted molar refractivity (Wildman–Crippen MR) is 35.7 cm³/mol. The molecule has 0 amide bonds. The Kier molecular flexibility index (Phi) is 1.08. The fourth-order valence-corrected chi connectivity index (χ4v) is 1.77. The molecule has 1 aliphatic rings. The first-order valence-electron chi connectivity index (χ1n) is 2.65. The number of hydrogen-bond donors (Lipinski definition) is 0. The Hall–Kier alpha value is -0.110. The Morgan fingerprint density at radius 3 is 1.88 bits per heavy atom. The fraction of sp³-hybridized carbons (Fsp3) is 0.667. The van der Waals surface area contributed by atoms with Crippen molar-refractivity contribution in [3.05, 3.63) is 10.3 Å². The van der Waals surface area contributed by atoms with Gasteiger partial charge in [0.15, 0.2) is 0 Å². The summed E-state index contributed by atoms with van der Waals surface area (Å²) < 4.78 is 10.6. The minimum atomic E-state index is -0.677. The van der Waals surface area contributed by atoms with Crippen molar-refractivity contribution in [1.82, 2.24) is 0 Å². The second kappa shape index (κ2) is 1.44. The molecular weight excluding hydrogens is 120 g/mol. The lowest BCUT2D eigenvalue weighted by Crippen LogP contribution is -2.02. The highest BCUT2D eigenvalue weighted by molar-refractivity contribution is 7.98. The molecule has 1 nitrogen and oxygen atoms in total. The van der Waals surface area contributed by atoms with Gasteiger partial charge in [-0.3, -0.25) is 0 Å². The zero-order valence-corrected chi connectivity index (χ0v) is 6.21. The molecule has 0 saturated heterocycles. The smallest absolute Gasteiger partial charge is 0.0755 e. The quantitative estimate of drug-likeness (QED) is 0.487. The summed E-state index contributed by atoms with van der Waals surface area (Å²) >= 11 is 0. The standard InChI is InChI=1S/C6H10OS/c1-6(2,3)5-4-8(5)7/h4H,1-3H3. The van der Waals surface area contributed by atoms with Crippen LogP contribution in [0.5, 0.6) is 0 Å². The van der Waals surface area contributed by atoms with E-state index in [1.807, 2.05) is 0 Å². The van der Waals surface area contributed by atoms with Crippen molar-refractivity contribution in [3.8, 4) is 0 Å². The molecular formula is C6H10OS. The Morgan fingerprint density at radius 2 is 1.88 bits per heavy atom. The summed E-state index contributed by atoms with van der Waals surface area (Å²) in [4.78, 5) is 1.09. The maximum atomic E-state index is 10.6. The molecule has 0 aliphatic carbocycles. The van der Waals surface area contributed by atoms with Gasteiger partial charge in [-0.15, -0.1) is 0 Å². The van der Waals surface area contributed by atoms with Crippen LogP contribution in [-0.4, -0.2) is 4.21 Å². The van der Waals surface area contributed by atoms with Crippen LogP contribution in [0.3, 0.4) is 0 Å². The van der Waals surface area contributed by atoms with Gasteiger partial charge in [-0.05, 0) is 5.41 Å². The second-order valence-corrected chi connectivity index (χ2v) is 4.30. The van der Waals surface area contributed by atoms with E-state index in [-0.39, 0.29) is 5.41 Å². The Labute approximate surface area is 52.2 Å². The molecule has 0 aromatic rings. The zero-order chi connectivity index (χ0) is 6.36. The highest BCUT2D eigenvalue weighted by Crippen LogP contribution is 2.37. The average Bonchev–Trinajstić information content (AvgIpc) is 2.13. The fourth-order valence-electron chi connectivity index (χ4n) is 0.552. The van der Waals surface area contributed by atoms with E-state index in [1.54, 1.807) is 5.41 Å². The Balaban J connectivity index is 2.64. The SMILES string of the molecule is CC(C)(C)C1=CS1=O. The van der Waals surface area contributed by atoms with Crippen molar-refractivity contribution >= 4 is 10.8 Å². The summed E-state index contributed by atoms with van der Waals surface area (Å²) in [6, 6.07) is 0. The number of hydrogen-bond acceptors (Lipinski definition) is 1. The number of allylic oxidation sites excluding steroid dienone is 1. The van der Waals surface area contributed by atoms with Crippen molar-refractivity contribution in [1.29, 1.82) is 0 Å². The van der Waals surface area contributed by atoms with Crippen molar-refractivity contribution in [2.45, 2.75) is 20.8 Å². The summed E-state index contributed by atoms with van der Waals surface area (Å²) in [6.45, 7) is 6.22. The molecule has 2 heteroatoms. The largest absolute Gasteiger partial charge is 0.250 e. The van der Waals surface area contributed by atoms with E-state index in [0.717, 1.165) is 4.91 Å². The van der Waals surface area contributed by atoms with Crippen LogP contribution in [0.2, 0.25) is 0 Å². The molecule has 1 aliphatic heterocycles. The minimum Gasteiger partial charge on any atom is -0.250 e. The van der Waals surface area contributed by atoms with Gasteiger partial charge in [0.1, 0.15) is 0 Å². The van der Waals surface area contributed by atoms with Gasteiger partial charge >= 0.3 is 0 Å². The zero-order valence-electron chi connectivity index (χ0n) is 5.39. The van der Waals surface area contributed by atoms with Crippen LogP contribution in [0.1, 0.15) is 20.8 Å². The highest BCUT2D eigenvalue weighted by atomic mass is 32.2. The van der Waals surface area contributed by atoms with E-state index >= 15 is 0 Å². The summed E-state index contributed by atoms with van der Waals surface area (Å²) in [5.41, 5.74) is 0.144. The van der Waals surface area contributed by atoms with Gasteiger partial charge in [-0.2, -0.15) is 0 Å². The van der Waals surface area contributed by atoms with Crippen LogP contribution in [-0.2, 0) is 10.8 Å². The predicted octanol–water partition coefficient (Wildman–Crippen LogP) is 1.64. The topological polar surface area (TPSA) is 17.1 Å². The lowest BCUT2D eigenvalue weighted by molar-refractivity contribution is 0.537. The first-order valence-corrected chi connectivity index (χ1v) is 3.86. The van der Waals surface area contributed by atoms with Crippen LogP contribution in [0.4, 0.5) is 0 Å². The molecule has 0 bridgehead atoms. The third-order valence-electron chi connectivity index (χ3n) is 1.11. The van der Waals surface area contributed by atoms with Crippen molar-refractivity contribution in [3.63, 3.8) is 0 Å². The van der Waals surface area contributed by atoms with E-state index in [1.165, 1.54) is 0 Å². The van der Waals surface area contributed by atoms with Gasteiger partial charge in [0.2, 0.25) is 0 Å². The first-order chi connectivity index (χ1) is 3.52. The van der Waals surface area contributed by atoms with Crippen molar-refractivity contribution in [2.24, 2.45) is 5.41 Å². The lowest BCUT2D eigenvalue weighted by atomic mass is 9.98. The molecule has 1 unspecified atom stereocenters. The van der Waals surface area contributed by atoms with Gasteiger partial charge < -0.3 is 0 Å². The van der Waals surface area contributed by atoms with E-state index < -0.39 is 10.8 Å². The van der Waals surface area contributed by atoms with E-state index in [4.69, 9.17) is 0 Å². The molecule has 46 valence electrons. The molecule has 1 atom stereocenters. The van der Waals surface area contributed by atoms with Crippen LogP contribution >= 0.6 is 0 Å². The van der Waals surface area contributed by atoms with Crippen molar-refractivity contribution < 1.29 is 4.21 Å². The molecule has 0 fully saturated rings. The van der Waals surface area contributed by atoms with Crippen molar-refractivity contribution in [2.75, 3.05) is 0 Å². The molecule has 0 spiro atoms. The summed E-state index contributed by atoms with van der Waals surface area (Å²) in [5.74, 6) is 0. The lowest BCUT2D eigenvalue weighted by Gasteiger charge is -2.10. The van der Waals surface area contributed by atoms with Gasteiger partial charge in [0.05, 0.1) is 10.8 Å². The summed E-state index contributed by atoms with van der Waals surface area (Å²) in [5, 5.41) is 1.81.